The topological polar surface area (TPSA) is 42.2 Å². The maximum atomic E-state index is 12.0. The normalized spacial score (nSPS) is 10.4. The number of alkyl halides is 1. The van der Waals surface area contributed by atoms with Gasteiger partial charge in [0.05, 0.1) is 5.88 Å². The van der Waals surface area contributed by atoms with Crippen LogP contribution in [0.2, 0.25) is 0 Å². The zero-order valence-electron chi connectivity index (χ0n) is 10.3. The highest BCUT2D eigenvalue weighted by Crippen LogP contribution is 2.19. The van der Waals surface area contributed by atoms with Crippen LogP contribution in [-0.4, -0.2) is 5.91 Å². The van der Waals surface area contributed by atoms with E-state index < -0.39 is 0 Å². The van der Waals surface area contributed by atoms with Gasteiger partial charge in [-0.15, -0.1) is 11.6 Å². The summed E-state index contributed by atoms with van der Waals surface area (Å²) in [6, 6.07) is 9.27. The number of rotatable bonds is 3. The van der Waals surface area contributed by atoms with Gasteiger partial charge in [-0.05, 0) is 31.5 Å². The van der Waals surface area contributed by atoms with E-state index in [4.69, 9.17) is 16.0 Å². The van der Waals surface area contributed by atoms with Crippen molar-refractivity contribution in [3.8, 4) is 0 Å². The Kier molecular flexibility index (Phi) is 3.72. The molecule has 0 saturated heterocycles. The van der Waals surface area contributed by atoms with Crippen molar-refractivity contribution in [2.45, 2.75) is 19.7 Å². The molecular weight excluding hydrogens is 250 g/mol. The third-order valence-electron chi connectivity index (χ3n) is 2.78. The van der Waals surface area contributed by atoms with Crippen LogP contribution in [0.4, 0.5) is 5.69 Å². The maximum Gasteiger partial charge on any atom is 0.291 e. The second-order valence-corrected chi connectivity index (χ2v) is 4.36. The SMILES string of the molecule is Cc1ccccc1NC(=O)c1cc(CCl)c(C)o1. The molecule has 1 heterocycles. The lowest BCUT2D eigenvalue weighted by molar-refractivity contribution is 0.0995. The molecule has 0 radical (unpaired) electrons. The van der Waals surface area contributed by atoms with Crippen molar-refractivity contribution in [2.75, 3.05) is 5.32 Å². The van der Waals surface area contributed by atoms with Gasteiger partial charge in [0.1, 0.15) is 5.76 Å². The van der Waals surface area contributed by atoms with Gasteiger partial charge in [-0.3, -0.25) is 4.79 Å². The number of aryl methyl sites for hydroxylation is 2. The molecule has 4 heteroatoms. The average molecular weight is 264 g/mol. The zero-order chi connectivity index (χ0) is 13.1. The van der Waals surface area contributed by atoms with Crippen LogP contribution >= 0.6 is 11.6 Å². The number of carbonyl (C=O) groups is 1. The van der Waals surface area contributed by atoms with Crippen molar-refractivity contribution in [2.24, 2.45) is 0 Å². The molecule has 0 atom stereocenters. The molecule has 1 amide bonds. The van der Waals surface area contributed by atoms with Gasteiger partial charge >= 0.3 is 0 Å². The van der Waals surface area contributed by atoms with Crippen LogP contribution in [0.25, 0.3) is 0 Å². The highest BCUT2D eigenvalue weighted by Gasteiger charge is 2.14. The molecule has 3 nitrogen and oxygen atoms in total. The van der Waals surface area contributed by atoms with Gasteiger partial charge in [0.2, 0.25) is 0 Å². The molecule has 0 fully saturated rings. The number of para-hydroxylation sites is 1. The molecule has 94 valence electrons. The molecule has 0 aliphatic heterocycles. The maximum absolute atomic E-state index is 12.0. The lowest BCUT2D eigenvalue weighted by Crippen LogP contribution is -2.11. The molecule has 1 N–H and O–H groups in total. The molecule has 0 bridgehead atoms. The number of furan rings is 1. The van der Waals surface area contributed by atoms with Crippen molar-refractivity contribution in [1.82, 2.24) is 0 Å². The fourth-order valence-corrected chi connectivity index (χ4v) is 1.93. The van der Waals surface area contributed by atoms with Crippen LogP contribution < -0.4 is 5.32 Å². The molecule has 2 rings (SSSR count). The Labute approximate surface area is 111 Å². The molecule has 2 aromatic rings. The molecule has 0 aliphatic carbocycles. The van der Waals surface area contributed by atoms with Crippen LogP contribution in [0.5, 0.6) is 0 Å². The number of halogens is 1. The van der Waals surface area contributed by atoms with E-state index in [-0.39, 0.29) is 11.7 Å². The summed E-state index contributed by atoms with van der Waals surface area (Å²) >= 11 is 5.74. The Morgan fingerprint density at radius 2 is 2.06 bits per heavy atom. The fourth-order valence-electron chi connectivity index (χ4n) is 1.66. The molecule has 0 spiro atoms. The summed E-state index contributed by atoms with van der Waals surface area (Å²) in [7, 11) is 0. The fraction of sp³-hybridized carbons (Fsp3) is 0.214. The number of hydrogen-bond donors (Lipinski definition) is 1. The Balaban J connectivity index is 2.19. The van der Waals surface area contributed by atoms with Crippen molar-refractivity contribution >= 4 is 23.2 Å². The lowest BCUT2D eigenvalue weighted by atomic mass is 10.2. The third-order valence-corrected chi connectivity index (χ3v) is 3.07. The van der Waals surface area contributed by atoms with Crippen LogP contribution in [0.15, 0.2) is 34.7 Å². The van der Waals surface area contributed by atoms with Crippen LogP contribution in [0.1, 0.15) is 27.4 Å². The predicted molar refractivity (Wildman–Crippen MR) is 72.1 cm³/mol. The quantitative estimate of drug-likeness (QED) is 0.854. The molecule has 1 aromatic heterocycles. The average Bonchev–Trinajstić information content (AvgIpc) is 2.73. The van der Waals surface area contributed by atoms with E-state index in [0.29, 0.717) is 11.6 Å². The summed E-state index contributed by atoms with van der Waals surface area (Å²) < 4.78 is 5.38. The number of nitrogens with one attached hydrogen (secondary N) is 1. The second-order valence-electron chi connectivity index (χ2n) is 4.09. The molecule has 18 heavy (non-hydrogen) atoms. The number of anilines is 1. The number of hydrogen-bond acceptors (Lipinski definition) is 2. The minimum atomic E-state index is -0.260. The zero-order valence-corrected chi connectivity index (χ0v) is 11.0. The first-order valence-corrected chi connectivity index (χ1v) is 6.17. The Bertz CT molecular complexity index is 575. The van der Waals surface area contributed by atoms with E-state index in [1.165, 1.54) is 0 Å². The highest BCUT2D eigenvalue weighted by molar-refractivity contribution is 6.17. The van der Waals surface area contributed by atoms with Gasteiger partial charge in [-0.2, -0.15) is 0 Å². The standard InChI is InChI=1S/C14H14ClNO2/c1-9-5-3-4-6-12(9)16-14(17)13-7-11(8-15)10(2)18-13/h3-7H,8H2,1-2H3,(H,16,17). The summed E-state index contributed by atoms with van der Waals surface area (Å²) in [6.07, 6.45) is 0. The van der Waals surface area contributed by atoms with E-state index in [1.807, 2.05) is 31.2 Å². The van der Waals surface area contributed by atoms with Gasteiger partial charge in [0, 0.05) is 11.3 Å². The Morgan fingerprint density at radius 1 is 1.33 bits per heavy atom. The molecule has 0 aliphatic rings. The van der Waals surface area contributed by atoms with E-state index in [9.17, 15) is 4.79 Å². The smallest absolute Gasteiger partial charge is 0.291 e. The molecule has 0 saturated carbocycles. The van der Waals surface area contributed by atoms with E-state index in [0.717, 1.165) is 16.8 Å². The minimum Gasteiger partial charge on any atom is -0.456 e. The van der Waals surface area contributed by atoms with E-state index in [2.05, 4.69) is 5.32 Å². The predicted octanol–water partition coefficient (Wildman–Crippen LogP) is 3.89. The summed E-state index contributed by atoms with van der Waals surface area (Å²) in [5.74, 6) is 1.04. The summed E-state index contributed by atoms with van der Waals surface area (Å²) in [4.78, 5) is 12.0. The van der Waals surface area contributed by atoms with Crippen LogP contribution in [0, 0.1) is 13.8 Å². The Hall–Kier alpha value is -1.74. The van der Waals surface area contributed by atoms with Gasteiger partial charge in [0.15, 0.2) is 5.76 Å². The van der Waals surface area contributed by atoms with Gasteiger partial charge in [-0.1, -0.05) is 18.2 Å². The van der Waals surface area contributed by atoms with Crippen molar-refractivity contribution in [3.63, 3.8) is 0 Å². The summed E-state index contributed by atoms with van der Waals surface area (Å²) in [5.41, 5.74) is 2.63. The second kappa shape index (κ2) is 5.27. The largest absolute Gasteiger partial charge is 0.456 e. The van der Waals surface area contributed by atoms with Crippen molar-refractivity contribution in [1.29, 1.82) is 0 Å². The highest BCUT2D eigenvalue weighted by atomic mass is 35.5. The monoisotopic (exact) mass is 263 g/mol. The lowest BCUT2D eigenvalue weighted by Gasteiger charge is -2.05. The molecular formula is C14H14ClNO2. The number of amides is 1. The summed E-state index contributed by atoms with van der Waals surface area (Å²) in [5, 5.41) is 2.82. The van der Waals surface area contributed by atoms with Gasteiger partial charge in [-0.25, -0.2) is 0 Å². The first-order chi connectivity index (χ1) is 8.61. The third kappa shape index (κ3) is 2.57. The van der Waals surface area contributed by atoms with Gasteiger partial charge < -0.3 is 9.73 Å². The minimum absolute atomic E-state index is 0.260. The van der Waals surface area contributed by atoms with Crippen LogP contribution in [0.3, 0.4) is 0 Å². The van der Waals surface area contributed by atoms with Crippen molar-refractivity contribution in [3.05, 3.63) is 53.0 Å². The van der Waals surface area contributed by atoms with E-state index in [1.54, 1.807) is 13.0 Å². The first kappa shape index (κ1) is 12.7. The van der Waals surface area contributed by atoms with Gasteiger partial charge in [0.25, 0.3) is 5.91 Å². The van der Waals surface area contributed by atoms with Crippen LogP contribution in [-0.2, 0) is 5.88 Å². The first-order valence-electron chi connectivity index (χ1n) is 5.64. The van der Waals surface area contributed by atoms with E-state index >= 15 is 0 Å². The summed E-state index contributed by atoms with van der Waals surface area (Å²) in [6.45, 7) is 3.73. The number of carbonyl (C=O) groups excluding carboxylic acids is 1. The molecule has 0 unspecified atom stereocenters. The van der Waals surface area contributed by atoms with Crippen molar-refractivity contribution < 1.29 is 9.21 Å². The molecule has 1 aromatic carbocycles. The number of benzene rings is 1. The Morgan fingerprint density at radius 3 is 2.67 bits per heavy atom.